The lowest BCUT2D eigenvalue weighted by atomic mass is 10.3. The number of carbonyl (C=O) groups excluding carboxylic acids is 1. The first kappa shape index (κ1) is 12.9. The number of imidazole rings is 1. The van der Waals surface area contributed by atoms with E-state index in [1.807, 2.05) is 41.1 Å². The molecule has 0 aliphatic rings. The van der Waals surface area contributed by atoms with Gasteiger partial charge in [-0.05, 0) is 40.9 Å². The first-order chi connectivity index (χ1) is 9.63. The Morgan fingerprint density at radius 3 is 2.95 bits per heavy atom. The maximum atomic E-state index is 12.4. The van der Waals surface area contributed by atoms with Crippen LogP contribution in [0.3, 0.4) is 0 Å². The molecule has 0 fully saturated rings. The zero-order valence-electron chi connectivity index (χ0n) is 11.4. The molecule has 0 atom stereocenters. The van der Waals surface area contributed by atoms with Crippen molar-refractivity contribution in [3.63, 3.8) is 0 Å². The summed E-state index contributed by atoms with van der Waals surface area (Å²) in [5.41, 5.74) is 3.56. The molecule has 0 spiro atoms. The molecular weight excluding hydrogens is 270 g/mol. The summed E-state index contributed by atoms with van der Waals surface area (Å²) in [6.07, 6.45) is 3.76. The van der Waals surface area contributed by atoms with E-state index in [-0.39, 0.29) is 5.91 Å². The van der Waals surface area contributed by atoms with Gasteiger partial charge in [-0.1, -0.05) is 6.07 Å². The van der Waals surface area contributed by atoms with Gasteiger partial charge in [0.2, 0.25) is 0 Å². The van der Waals surface area contributed by atoms with E-state index in [1.54, 1.807) is 29.5 Å². The molecule has 5 heteroatoms. The largest absolute Gasteiger partial charge is 0.336 e. The molecule has 3 rings (SSSR count). The SMILES string of the molecule is Cc1ccc2nc(C(=O)N(C)Cc3ccsc3)cn2c1. The molecule has 102 valence electrons. The number of aryl methyl sites for hydroxylation is 1. The van der Waals surface area contributed by atoms with Crippen LogP contribution in [0.1, 0.15) is 21.6 Å². The van der Waals surface area contributed by atoms with Crippen molar-refractivity contribution in [2.75, 3.05) is 7.05 Å². The summed E-state index contributed by atoms with van der Waals surface area (Å²) in [7, 11) is 1.80. The van der Waals surface area contributed by atoms with E-state index < -0.39 is 0 Å². The van der Waals surface area contributed by atoms with Crippen molar-refractivity contribution in [3.05, 3.63) is 58.2 Å². The second-order valence-corrected chi connectivity index (χ2v) is 5.67. The van der Waals surface area contributed by atoms with Crippen LogP contribution in [0.15, 0.2) is 41.4 Å². The fraction of sp³-hybridized carbons (Fsp3) is 0.200. The summed E-state index contributed by atoms with van der Waals surface area (Å²) in [6.45, 7) is 2.62. The Morgan fingerprint density at radius 1 is 1.35 bits per heavy atom. The number of aromatic nitrogens is 2. The van der Waals surface area contributed by atoms with Gasteiger partial charge in [-0.2, -0.15) is 11.3 Å². The van der Waals surface area contributed by atoms with Crippen molar-refractivity contribution in [2.45, 2.75) is 13.5 Å². The third-order valence-corrected chi connectivity index (χ3v) is 3.90. The first-order valence-corrected chi connectivity index (χ1v) is 7.29. The van der Waals surface area contributed by atoms with Crippen LogP contribution < -0.4 is 0 Å². The van der Waals surface area contributed by atoms with Crippen molar-refractivity contribution in [2.24, 2.45) is 0 Å². The van der Waals surface area contributed by atoms with Crippen LogP contribution in [0.5, 0.6) is 0 Å². The van der Waals surface area contributed by atoms with E-state index in [1.165, 1.54) is 0 Å². The molecule has 0 aromatic carbocycles. The second kappa shape index (κ2) is 5.09. The number of carbonyl (C=O) groups is 1. The molecule has 0 unspecified atom stereocenters. The van der Waals surface area contributed by atoms with Gasteiger partial charge in [-0.3, -0.25) is 4.79 Å². The van der Waals surface area contributed by atoms with Crippen LogP contribution in [0.2, 0.25) is 0 Å². The molecule has 3 aromatic heterocycles. The molecule has 20 heavy (non-hydrogen) atoms. The van der Waals surface area contributed by atoms with Crippen LogP contribution >= 0.6 is 11.3 Å². The van der Waals surface area contributed by atoms with Gasteiger partial charge in [0.1, 0.15) is 11.3 Å². The van der Waals surface area contributed by atoms with E-state index in [9.17, 15) is 4.79 Å². The Kier molecular flexibility index (Phi) is 3.28. The van der Waals surface area contributed by atoms with Gasteiger partial charge in [0.05, 0.1) is 0 Å². The number of pyridine rings is 1. The van der Waals surface area contributed by atoms with Crippen molar-refractivity contribution in [1.29, 1.82) is 0 Å². The van der Waals surface area contributed by atoms with Crippen molar-refractivity contribution in [3.8, 4) is 0 Å². The molecule has 3 aromatic rings. The highest BCUT2D eigenvalue weighted by Gasteiger charge is 2.15. The first-order valence-electron chi connectivity index (χ1n) is 6.35. The zero-order valence-corrected chi connectivity index (χ0v) is 12.2. The van der Waals surface area contributed by atoms with E-state index in [0.717, 1.165) is 16.8 Å². The average molecular weight is 285 g/mol. The highest BCUT2D eigenvalue weighted by Crippen LogP contribution is 2.12. The Morgan fingerprint density at radius 2 is 2.20 bits per heavy atom. The number of nitrogens with zero attached hydrogens (tertiary/aromatic N) is 3. The third-order valence-electron chi connectivity index (χ3n) is 3.16. The Bertz CT molecular complexity index is 746. The number of hydrogen-bond acceptors (Lipinski definition) is 3. The van der Waals surface area contributed by atoms with E-state index in [4.69, 9.17) is 0 Å². The Labute approximate surface area is 121 Å². The molecular formula is C15H15N3OS. The quantitative estimate of drug-likeness (QED) is 0.742. The van der Waals surface area contributed by atoms with Gasteiger partial charge >= 0.3 is 0 Å². The van der Waals surface area contributed by atoms with Crippen LogP contribution in [0.25, 0.3) is 5.65 Å². The van der Waals surface area contributed by atoms with Gasteiger partial charge in [0, 0.05) is 26.0 Å². The van der Waals surface area contributed by atoms with Crippen molar-refractivity contribution < 1.29 is 4.79 Å². The number of amides is 1. The maximum Gasteiger partial charge on any atom is 0.274 e. The minimum Gasteiger partial charge on any atom is -0.336 e. The molecule has 0 saturated heterocycles. The molecule has 3 heterocycles. The van der Waals surface area contributed by atoms with E-state index in [0.29, 0.717) is 12.2 Å². The van der Waals surface area contributed by atoms with Crippen LogP contribution in [0, 0.1) is 6.92 Å². The highest BCUT2D eigenvalue weighted by molar-refractivity contribution is 7.07. The minimum atomic E-state index is -0.0578. The van der Waals surface area contributed by atoms with Gasteiger partial charge < -0.3 is 9.30 Å². The van der Waals surface area contributed by atoms with E-state index in [2.05, 4.69) is 10.4 Å². The van der Waals surface area contributed by atoms with Crippen LogP contribution in [-0.4, -0.2) is 27.2 Å². The molecule has 4 nitrogen and oxygen atoms in total. The lowest BCUT2D eigenvalue weighted by Gasteiger charge is -2.14. The highest BCUT2D eigenvalue weighted by atomic mass is 32.1. The standard InChI is InChI=1S/C15H15N3OS/c1-11-3-4-14-16-13(9-18(14)7-11)15(19)17(2)8-12-5-6-20-10-12/h3-7,9-10H,8H2,1-2H3. The van der Waals surface area contributed by atoms with Crippen LogP contribution in [-0.2, 0) is 6.54 Å². The minimum absolute atomic E-state index is 0.0578. The summed E-state index contributed by atoms with van der Waals surface area (Å²) in [6, 6.07) is 5.94. The summed E-state index contributed by atoms with van der Waals surface area (Å²) >= 11 is 1.64. The fourth-order valence-corrected chi connectivity index (χ4v) is 2.79. The average Bonchev–Trinajstić information content (AvgIpc) is 3.06. The third kappa shape index (κ3) is 2.44. The summed E-state index contributed by atoms with van der Waals surface area (Å²) in [5, 5.41) is 4.07. The van der Waals surface area contributed by atoms with Gasteiger partial charge in [-0.25, -0.2) is 4.98 Å². The predicted molar refractivity (Wildman–Crippen MR) is 80.0 cm³/mol. The van der Waals surface area contributed by atoms with E-state index >= 15 is 0 Å². The summed E-state index contributed by atoms with van der Waals surface area (Å²) < 4.78 is 1.89. The molecule has 0 bridgehead atoms. The predicted octanol–water partition coefficient (Wildman–Crippen LogP) is 2.98. The van der Waals surface area contributed by atoms with Gasteiger partial charge in [-0.15, -0.1) is 0 Å². The van der Waals surface area contributed by atoms with Crippen LogP contribution in [0.4, 0.5) is 0 Å². The molecule has 0 saturated carbocycles. The number of fused-ring (bicyclic) bond motifs is 1. The Balaban J connectivity index is 1.84. The smallest absolute Gasteiger partial charge is 0.274 e. The fourth-order valence-electron chi connectivity index (χ4n) is 2.13. The van der Waals surface area contributed by atoms with Gasteiger partial charge in [0.15, 0.2) is 0 Å². The molecule has 1 amide bonds. The summed E-state index contributed by atoms with van der Waals surface area (Å²) in [5.74, 6) is -0.0578. The lowest BCUT2D eigenvalue weighted by molar-refractivity contribution is 0.0780. The lowest BCUT2D eigenvalue weighted by Crippen LogP contribution is -2.26. The number of rotatable bonds is 3. The normalized spacial score (nSPS) is 10.9. The van der Waals surface area contributed by atoms with Crippen molar-refractivity contribution in [1.82, 2.24) is 14.3 Å². The summed E-state index contributed by atoms with van der Waals surface area (Å²) in [4.78, 5) is 18.4. The maximum absolute atomic E-state index is 12.4. The number of hydrogen-bond donors (Lipinski definition) is 0. The second-order valence-electron chi connectivity index (χ2n) is 4.89. The number of thiophene rings is 1. The monoisotopic (exact) mass is 285 g/mol. The van der Waals surface area contributed by atoms with Crippen molar-refractivity contribution >= 4 is 22.9 Å². The topological polar surface area (TPSA) is 37.6 Å². The molecule has 0 radical (unpaired) electrons. The van der Waals surface area contributed by atoms with Gasteiger partial charge in [0.25, 0.3) is 5.91 Å². The zero-order chi connectivity index (χ0) is 14.1. The Hall–Kier alpha value is -2.14. The molecule has 0 aliphatic heterocycles. The molecule has 0 N–H and O–H groups in total. The molecule has 0 aliphatic carbocycles.